The second-order valence-corrected chi connectivity index (χ2v) is 8.15. The van der Waals surface area contributed by atoms with E-state index in [0.717, 1.165) is 8.95 Å². The molecule has 0 radical (unpaired) electrons. The van der Waals surface area contributed by atoms with Crippen molar-refractivity contribution in [2.75, 3.05) is 16.8 Å². The highest BCUT2D eigenvalue weighted by Gasteiger charge is 2.28. The number of anilines is 1. The Bertz CT molecular complexity index is 406. The molecule has 1 nitrogen and oxygen atoms in total. The Balaban J connectivity index is 2.07. The van der Waals surface area contributed by atoms with Crippen molar-refractivity contribution in [2.24, 2.45) is 5.41 Å². The average Bonchev–Trinajstić information content (AvgIpc) is 2.22. The van der Waals surface area contributed by atoms with Crippen LogP contribution in [0, 0.1) is 5.41 Å². The predicted octanol–water partition coefficient (Wildman–Crippen LogP) is 5.16. The maximum Gasteiger partial charge on any atom is 0.0498 e. The van der Waals surface area contributed by atoms with Crippen LogP contribution in [0.1, 0.15) is 20.3 Å². The fourth-order valence-corrected chi connectivity index (χ4v) is 4.18. The lowest BCUT2D eigenvalue weighted by molar-refractivity contribution is 0.358. The van der Waals surface area contributed by atoms with Crippen molar-refractivity contribution in [3.8, 4) is 0 Å². The van der Waals surface area contributed by atoms with Crippen LogP contribution in [0.25, 0.3) is 0 Å². The zero-order valence-corrected chi connectivity index (χ0v) is 14.1. The first-order valence-electron chi connectivity index (χ1n) is 5.76. The second-order valence-electron chi connectivity index (χ2n) is 5.35. The first kappa shape index (κ1) is 13.8. The van der Waals surface area contributed by atoms with Gasteiger partial charge in [0.1, 0.15) is 0 Å². The van der Waals surface area contributed by atoms with E-state index in [1.165, 1.54) is 23.6 Å². The molecule has 1 atom stereocenters. The van der Waals surface area contributed by atoms with Crippen LogP contribution in [0.2, 0.25) is 0 Å². The van der Waals surface area contributed by atoms with Crippen LogP contribution in [-0.4, -0.2) is 17.5 Å². The third-order valence-corrected chi connectivity index (χ3v) is 5.71. The van der Waals surface area contributed by atoms with Crippen LogP contribution < -0.4 is 5.32 Å². The van der Waals surface area contributed by atoms with Gasteiger partial charge < -0.3 is 5.32 Å². The Morgan fingerprint density at radius 2 is 2.12 bits per heavy atom. The molecule has 0 amide bonds. The molecule has 1 unspecified atom stereocenters. The van der Waals surface area contributed by atoms with Gasteiger partial charge in [-0.1, -0.05) is 29.8 Å². The van der Waals surface area contributed by atoms with E-state index in [9.17, 15) is 0 Å². The van der Waals surface area contributed by atoms with Crippen LogP contribution in [0.4, 0.5) is 5.69 Å². The molecule has 1 fully saturated rings. The fourth-order valence-electron chi connectivity index (χ4n) is 2.18. The normalized spacial score (nSPS) is 23.4. The number of halogens is 2. The number of nitrogens with one attached hydrogen (secondary N) is 1. The van der Waals surface area contributed by atoms with Gasteiger partial charge in [-0.05, 0) is 51.7 Å². The van der Waals surface area contributed by atoms with Crippen molar-refractivity contribution >= 4 is 49.3 Å². The van der Waals surface area contributed by atoms with E-state index in [-0.39, 0.29) is 0 Å². The predicted molar refractivity (Wildman–Crippen MR) is 85.0 cm³/mol. The number of benzene rings is 1. The highest BCUT2D eigenvalue weighted by molar-refractivity contribution is 9.11. The Hall–Kier alpha value is 0.330. The largest absolute Gasteiger partial charge is 0.381 e. The first-order chi connectivity index (χ1) is 7.96. The first-order valence-corrected chi connectivity index (χ1v) is 8.50. The average molecular weight is 379 g/mol. The molecule has 1 aliphatic heterocycles. The van der Waals surface area contributed by atoms with Crippen molar-refractivity contribution in [3.05, 3.63) is 27.1 Å². The van der Waals surface area contributed by atoms with Gasteiger partial charge in [0.25, 0.3) is 0 Å². The van der Waals surface area contributed by atoms with Gasteiger partial charge in [-0.25, -0.2) is 0 Å². The molecule has 94 valence electrons. The third-order valence-electron chi connectivity index (χ3n) is 2.90. The van der Waals surface area contributed by atoms with E-state index in [1.54, 1.807) is 0 Å². The molecule has 1 N–H and O–H groups in total. The minimum atomic E-state index is 0.444. The summed E-state index contributed by atoms with van der Waals surface area (Å²) < 4.78 is 2.25. The molecule has 0 saturated carbocycles. The Morgan fingerprint density at radius 1 is 1.35 bits per heavy atom. The molecule has 0 aromatic heterocycles. The molecule has 1 saturated heterocycles. The molecule has 1 aromatic carbocycles. The maximum absolute atomic E-state index is 3.65. The van der Waals surface area contributed by atoms with Crippen LogP contribution in [0.15, 0.2) is 27.1 Å². The van der Waals surface area contributed by atoms with E-state index >= 15 is 0 Å². The van der Waals surface area contributed by atoms with Crippen molar-refractivity contribution in [1.29, 1.82) is 0 Å². The zero-order valence-electron chi connectivity index (χ0n) is 10.1. The maximum atomic E-state index is 3.65. The number of rotatable bonds is 2. The van der Waals surface area contributed by atoms with Crippen LogP contribution in [0.3, 0.4) is 0 Å². The Labute approximate surface area is 124 Å². The number of hydrogen-bond donors (Lipinski definition) is 1. The molecular weight excluding hydrogens is 362 g/mol. The summed E-state index contributed by atoms with van der Waals surface area (Å²) in [6.45, 7) is 4.70. The molecule has 17 heavy (non-hydrogen) atoms. The minimum absolute atomic E-state index is 0.444. The summed E-state index contributed by atoms with van der Waals surface area (Å²) in [5, 5.41) is 3.65. The molecular formula is C13H17Br2NS. The number of hydrogen-bond acceptors (Lipinski definition) is 2. The highest BCUT2D eigenvalue weighted by Crippen LogP contribution is 2.36. The molecule has 1 aromatic rings. The van der Waals surface area contributed by atoms with Gasteiger partial charge in [0.2, 0.25) is 0 Å². The van der Waals surface area contributed by atoms with Gasteiger partial charge in [0.05, 0.1) is 0 Å². The van der Waals surface area contributed by atoms with Gasteiger partial charge >= 0.3 is 0 Å². The standard InChI is InChI=1S/C13H17Br2NS/c1-13(2)6-10(7-17-8-13)16-12-5-9(14)3-4-11(12)15/h3-5,10,16H,6-8H2,1-2H3. The van der Waals surface area contributed by atoms with E-state index in [2.05, 4.69) is 69.2 Å². The van der Waals surface area contributed by atoms with E-state index in [0.29, 0.717) is 11.5 Å². The van der Waals surface area contributed by atoms with Crippen molar-refractivity contribution < 1.29 is 0 Å². The smallest absolute Gasteiger partial charge is 0.0498 e. The third kappa shape index (κ3) is 3.90. The van der Waals surface area contributed by atoms with Gasteiger partial charge in [-0.3, -0.25) is 0 Å². The summed E-state index contributed by atoms with van der Waals surface area (Å²) in [6, 6.07) is 6.83. The fraction of sp³-hybridized carbons (Fsp3) is 0.538. The SMILES string of the molecule is CC1(C)CSCC(Nc2cc(Br)ccc2Br)C1. The quantitative estimate of drug-likeness (QED) is 0.763. The van der Waals surface area contributed by atoms with Crippen LogP contribution in [-0.2, 0) is 0 Å². The van der Waals surface area contributed by atoms with Crippen LogP contribution >= 0.6 is 43.6 Å². The molecule has 1 aliphatic rings. The lowest BCUT2D eigenvalue weighted by atomic mass is 9.88. The molecule has 1 heterocycles. The van der Waals surface area contributed by atoms with Crippen molar-refractivity contribution in [1.82, 2.24) is 0 Å². The summed E-state index contributed by atoms with van der Waals surface area (Å²) in [5.41, 5.74) is 1.63. The lowest BCUT2D eigenvalue weighted by Gasteiger charge is -2.35. The molecule has 0 aliphatic carbocycles. The highest BCUT2D eigenvalue weighted by atomic mass is 79.9. The monoisotopic (exact) mass is 377 g/mol. The zero-order chi connectivity index (χ0) is 12.5. The molecule has 4 heteroatoms. The summed E-state index contributed by atoms with van der Waals surface area (Å²) >= 11 is 9.16. The molecule has 0 bridgehead atoms. The van der Waals surface area contributed by atoms with E-state index in [4.69, 9.17) is 0 Å². The van der Waals surface area contributed by atoms with Gasteiger partial charge in [-0.2, -0.15) is 11.8 Å². The van der Waals surface area contributed by atoms with E-state index in [1.807, 2.05) is 11.8 Å². The van der Waals surface area contributed by atoms with Crippen LogP contribution in [0.5, 0.6) is 0 Å². The van der Waals surface area contributed by atoms with E-state index < -0.39 is 0 Å². The van der Waals surface area contributed by atoms with Crippen molar-refractivity contribution in [3.63, 3.8) is 0 Å². The summed E-state index contributed by atoms with van der Waals surface area (Å²) in [7, 11) is 0. The number of thioether (sulfide) groups is 1. The molecule has 0 spiro atoms. The topological polar surface area (TPSA) is 12.0 Å². The summed E-state index contributed by atoms with van der Waals surface area (Å²) in [4.78, 5) is 0. The second kappa shape index (κ2) is 5.54. The summed E-state index contributed by atoms with van der Waals surface area (Å²) in [6.07, 6.45) is 1.24. The van der Waals surface area contributed by atoms with Gasteiger partial charge in [0, 0.05) is 26.4 Å². The molecule has 2 rings (SSSR count). The Morgan fingerprint density at radius 3 is 2.82 bits per heavy atom. The Kier molecular flexibility index (Phi) is 4.48. The minimum Gasteiger partial charge on any atom is -0.381 e. The van der Waals surface area contributed by atoms with Gasteiger partial charge in [-0.15, -0.1) is 0 Å². The summed E-state index contributed by atoms with van der Waals surface area (Å²) in [5.74, 6) is 2.47. The van der Waals surface area contributed by atoms with Gasteiger partial charge in [0.15, 0.2) is 0 Å². The lowest BCUT2D eigenvalue weighted by Crippen LogP contribution is -2.35. The van der Waals surface area contributed by atoms with Crippen molar-refractivity contribution in [2.45, 2.75) is 26.3 Å².